The molecule has 0 unspecified atom stereocenters. The number of hydrogen-bond donors (Lipinski definition) is 4. The van der Waals surface area contributed by atoms with E-state index in [1.54, 1.807) is 6.92 Å². The molecule has 2 heterocycles. The number of benzene rings is 1. The smallest absolute Gasteiger partial charge is 0.336 e. The zero-order valence-corrected chi connectivity index (χ0v) is 15.6. The zero-order valence-electron chi connectivity index (χ0n) is 15.6. The maximum atomic E-state index is 11.9. The molecule has 11 heteroatoms. The Hall–Kier alpha value is -2.86. The third-order valence-electron chi connectivity index (χ3n) is 4.86. The number of aryl methyl sites for hydroxylation is 1. The number of carbonyl (C=O) groups excluding carboxylic acids is 1. The summed E-state index contributed by atoms with van der Waals surface area (Å²) in [6.45, 7) is 2.09. The van der Waals surface area contributed by atoms with E-state index >= 15 is 0 Å². The molecule has 1 aliphatic rings. The highest BCUT2D eigenvalue weighted by Gasteiger charge is 2.51. The molecule has 29 heavy (non-hydrogen) atoms. The van der Waals surface area contributed by atoms with Crippen LogP contribution in [0, 0.1) is 17.0 Å². The molecule has 0 bridgehead atoms. The summed E-state index contributed by atoms with van der Waals surface area (Å²) in [7, 11) is 0. The van der Waals surface area contributed by atoms with Crippen LogP contribution in [0.3, 0.4) is 0 Å². The van der Waals surface area contributed by atoms with Crippen molar-refractivity contribution in [2.24, 2.45) is 0 Å². The molecule has 0 spiro atoms. The molecule has 1 saturated heterocycles. The molecular formula is C18H20N2O9. The molecule has 2 aromatic rings. The molecule has 1 fully saturated rings. The first kappa shape index (κ1) is 20.9. The van der Waals surface area contributed by atoms with Crippen LogP contribution < -0.4 is 10.9 Å². The van der Waals surface area contributed by atoms with Crippen LogP contribution >= 0.6 is 0 Å². The van der Waals surface area contributed by atoms with Gasteiger partial charge in [0.25, 0.3) is 0 Å². The number of aliphatic hydroxyl groups excluding tert-OH is 2. The highest BCUT2D eigenvalue weighted by atomic mass is 16.6. The van der Waals surface area contributed by atoms with Crippen molar-refractivity contribution in [3.05, 3.63) is 49.9 Å². The lowest BCUT2D eigenvalue weighted by Crippen LogP contribution is -2.61. The number of nitrogens with one attached hydrogen (secondary N) is 1. The molecule has 156 valence electrons. The summed E-state index contributed by atoms with van der Waals surface area (Å²) in [6, 6.07) is 3.97. The van der Waals surface area contributed by atoms with Crippen molar-refractivity contribution < 1.29 is 34.2 Å². The van der Waals surface area contributed by atoms with E-state index in [0.717, 1.165) is 6.92 Å². The SMILES string of the molecule is CC(=O)N[C@@]1(O)C[C@H](O)[C@@H](CO)O[C@H]1c1ccc2c(C)cc(=O)oc2c1[N+](=O)[O-]. The molecule has 1 aromatic heterocycles. The summed E-state index contributed by atoms with van der Waals surface area (Å²) in [5.41, 5.74) is -3.66. The maximum absolute atomic E-state index is 11.9. The highest BCUT2D eigenvalue weighted by Crippen LogP contribution is 2.44. The van der Waals surface area contributed by atoms with Crippen molar-refractivity contribution in [2.45, 2.75) is 44.3 Å². The van der Waals surface area contributed by atoms with Gasteiger partial charge in [-0.1, -0.05) is 6.07 Å². The minimum atomic E-state index is -2.21. The quantitative estimate of drug-likeness (QED) is 0.235. The summed E-state index contributed by atoms with van der Waals surface area (Å²) < 4.78 is 10.6. The maximum Gasteiger partial charge on any atom is 0.336 e. The number of amides is 1. The lowest BCUT2D eigenvalue weighted by molar-refractivity contribution is -0.386. The molecule has 0 radical (unpaired) electrons. The molecule has 11 nitrogen and oxygen atoms in total. The third-order valence-corrected chi connectivity index (χ3v) is 4.86. The molecule has 4 N–H and O–H groups in total. The van der Waals surface area contributed by atoms with Gasteiger partial charge in [-0.3, -0.25) is 14.9 Å². The number of carbonyl (C=O) groups is 1. The number of hydrogen-bond acceptors (Lipinski definition) is 9. The fourth-order valence-corrected chi connectivity index (χ4v) is 3.64. The summed E-state index contributed by atoms with van der Waals surface area (Å²) in [4.78, 5) is 34.5. The van der Waals surface area contributed by atoms with Gasteiger partial charge in [-0.25, -0.2) is 4.79 Å². The Morgan fingerprint density at radius 3 is 2.72 bits per heavy atom. The van der Waals surface area contributed by atoms with Gasteiger partial charge < -0.3 is 29.8 Å². The van der Waals surface area contributed by atoms with E-state index in [0.29, 0.717) is 10.9 Å². The van der Waals surface area contributed by atoms with E-state index in [9.17, 15) is 35.0 Å². The number of nitrogens with zero attached hydrogens (tertiary/aromatic N) is 1. The Kier molecular flexibility index (Phi) is 5.41. The largest absolute Gasteiger partial charge is 0.415 e. The van der Waals surface area contributed by atoms with Crippen molar-refractivity contribution in [1.82, 2.24) is 5.32 Å². The second kappa shape index (κ2) is 7.52. The lowest BCUT2D eigenvalue weighted by Gasteiger charge is -2.44. The topological polar surface area (TPSA) is 172 Å². The van der Waals surface area contributed by atoms with Gasteiger partial charge >= 0.3 is 11.3 Å². The number of ether oxygens (including phenoxy) is 1. The van der Waals surface area contributed by atoms with E-state index in [4.69, 9.17) is 9.15 Å². The van der Waals surface area contributed by atoms with Gasteiger partial charge in [-0.2, -0.15) is 0 Å². The summed E-state index contributed by atoms with van der Waals surface area (Å²) >= 11 is 0. The number of nitro benzene ring substituents is 1. The Morgan fingerprint density at radius 2 is 2.14 bits per heavy atom. The second-order valence-electron chi connectivity index (χ2n) is 7.00. The number of aliphatic hydroxyl groups is 3. The predicted octanol–water partition coefficient (Wildman–Crippen LogP) is 0.0175. The van der Waals surface area contributed by atoms with E-state index in [1.165, 1.54) is 18.2 Å². The predicted molar refractivity (Wildman–Crippen MR) is 98.0 cm³/mol. The van der Waals surface area contributed by atoms with Crippen molar-refractivity contribution in [2.75, 3.05) is 6.61 Å². The monoisotopic (exact) mass is 408 g/mol. The number of rotatable bonds is 4. The van der Waals surface area contributed by atoms with E-state index in [-0.39, 0.29) is 11.1 Å². The molecule has 0 aliphatic carbocycles. The summed E-state index contributed by atoms with van der Waals surface area (Å²) in [6.07, 6.45) is -4.47. The van der Waals surface area contributed by atoms with E-state index in [1.807, 2.05) is 0 Å². The third kappa shape index (κ3) is 3.72. The first-order chi connectivity index (χ1) is 13.6. The van der Waals surface area contributed by atoms with Crippen molar-refractivity contribution in [3.63, 3.8) is 0 Å². The van der Waals surface area contributed by atoms with Crippen LogP contribution in [0.15, 0.2) is 27.4 Å². The lowest BCUT2D eigenvalue weighted by atomic mass is 9.86. The van der Waals surface area contributed by atoms with Gasteiger partial charge in [0.2, 0.25) is 11.5 Å². The minimum absolute atomic E-state index is 0.183. The minimum Gasteiger partial charge on any atom is -0.415 e. The normalized spacial score (nSPS) is 27.0. The first-order valence-electron chi connectivity index (χ1n) is 8.74. The van der Waals surface area contributed by atoms with Crippen LogP contribution in [0.1, 0.15) is 30.6 Å². The second-order valence-corrected chi connectivity index (χ2v) is 7.00. The average Bonchev–Trinajstić information content (AvgIpc) is 2.59. The Bertz CT molecular complexity index is 1030. The Labute approximate surface area is 163 Å². The van der Waals surface area contributed by atoms with Crippen LogP contribution in [0.5, 0.6) is 0 Å². The van der Waals surface area contributed by atoms with Crippen LogP contribution in [0.2, 0.25) is 0 Å². The van der Waals surface area contributed by atoms with Crippen LogP contribution in [-0.4, -0.2) is 50.7 Å². The standard InChI is InChI=1S/C18H20N2O9/c1-8-5-14(24)29-16-10(8)3-4-11(15(16)20(26)27)17-18(25,19-9(2)22)6-12(23)13(7-21)28-17/h3-5,12-13,17,21,23,25H,6-7H2,1-2H3,(H,19,22)/t12-,13+,17-,18+/m0/s1. The van der Waals surface area contributed by atoms with Crippen LogP contribution in [0.4, 0.5) is 5.69 Å². The van der Waals surface area contributed by atoms with Crippen LogP contribution in [0.25, 0.3) is 11.0 Å². The molecule has 0 saturated carbocycles. The van der Waals surface area contributed by atoms with Crippen molar-refractivity contribution in [1.29, 1.82) is 0 Å². The van der Waals surface area contributed by atoms with E-state index in [2.05, 4.69) is 5.32 Å². The molecule has 3 rings (SSSR count). The van der Waals surface area contributed by atoms with Gasteiger partial charge in [0.05, 0.1) is 23.2 Å². The van der Waals surface area contributed by atoms with E-state index < -0.39 is 59.2 Å². The van der Waals surface area contributed by atoms with Crippen molar-refractivity contribution >= 4 is 22.6 Å². The zero-order chi connectivity index (χ0) is 21.5. The Balaban J connectivity index is 2.28. The molecule has 1 aromatic carbocycles. The highest BCUT2D eigenvalue weighted by molar-refractivity contribution is 5.89. The average molecular weight is 408 g/mol. The number of fused-ring (bicyclic) bond motifs is 1. The molecule has 1 amide bonds. The van der Waals surface area contributed by atoms with Gasteiger partial charge in [0.15, 0.2) is 5.72 Å². The summed E-state index contributed by atoms with van der Waals surface area (Å²) in [5.74, 6) is -0.665. The van der Waals surface area contributed by atoms with Gasteiger partial charge in [-0.05, 0) is 18.6 Å². The molecule has 4 atom stereocenters. The first-order valence-corrected chi connectivity index (χ1v) is 8.74. The molecule has 1 aliphatic heterocycles. The fourth-order valence-electron chi connectivity index (χ4n) is 3.64. The molecular weight excluding hydrogens is 388 g/mol. The van der Waals surface area contributed by atoms with Crippen LogP contribution in [-0.2, 0) is 9.53 Å². The van der Waals surface area contributed by atoms with Crippen molar-refractivity contribution in [3.8, 4) is 0 Å². The summed E-state index contributed by atoms with van der Waals surface area (Å²) in [5, 5.41) is 45.0. The van der Waals surface area contributed by atoms with Gasteiger partial charge in [0.1, 0.15) is 12.2 Å². The number of nitro groups is 1. The fraction of sp³-hybridized carbons (Fsp3) is 0.444. The van der Waals surface area contributed by atoms with Gasteiger partial charge in [0, 0.05) is 24.8 Å². The Morgan fingerprint density at radius 1 is 1.45 bits per heavy atom. The van der Waals surface area contributed by atoms with Gasteiger partial charge in [-0.15, -0.1) is 0 Å².